The normalized spacial score (nSPS) is 11.2. The van der Waals surface area contributed by atoms with Crippen LogP contribution in [0.25, 0.3) is 10.8 Å². The number of benzene rings is 4. The zero-order chi connectivity index (χ0) is 32.8. The summed E-state index contributed by atoms with van der Waals surface area (Å²) in [5.41, 5.74) is 0.184. The van der Waals surface area contributed by atoms with Crippen LogP contribution in [0, 0.1) is 10.1 Å². The summed E-state index contributed by atoms with van der Waals surface area (Å²) in [6.45, 7) is 1.36. The van der Waals surface area contributed by atoms with Crippen molar-refractivity contribution in [1.29, 1.82) is 0 Å². The Hall–Kier alpha value is -6.31. The zero-order valence-corrected chi connectivity index (χ0v) is 23.9. The molecule has 3 N–H and O–H groups in total. The summed E-state index contributed by atoms with van der Waals surface area (Å²) in [6, 6.07) is 19.1. The number of nitrogens with zero attached hydrogens (tertiary/aromatic N) is 3. The van der Waals surface area contributed by atoms with Crippen LogP contribution in [0.1, 0.15) is 22.8 Å². The molecule has 0 saturated carbocycles. The van der Waals surface area contributed by atoms with Crippen molar-refractivity contribution >= 4 is 63.4 Å². The molecule has 0 saturated heterocycles. The molecule has 0 fully saturated rings. The molecule has 4 aromatic carbocycles. The summed E-state index contributed by atoms with van der Waals surface area (Å²) in [5, 5.41) is 33.8. The third kappa shape index (κ3) is 6.69. The van der Waals surface area contributed by atoms with Gasteiger partial charge < -0.3 is 20.3 Å². The van der Waals surface area contributed by atoms with Gasteiger partial charge in [-0.15, -0.1) is 0 Å². The van der Waals surface area contributed by atoms with Crippen LogP contribution in [0.2, 0.25) is 0 Å². The van der Waals surface area contributed by atoms with Gasteiger partial charge in [0.05, 0.1) is 29.0 Å². The molecule has 1 atom stereocenters. The Labute approximate surface area is 255 Å². The predicted molar refractivity (Wildman–Crippen MR) is 161 cm³/mol. The Morgan fingerprint density at radius 3 is 2.09 bits per heavy atom. The van der Waals surface area contributed by atoms with Gasteiger partial charge in [0.1, 0.15) is 6.04 Å². The number of carboxylic acid groups (broad SMARTS) is 2. The number of carbonyl (C=O) groups excluding carboxylic acids is 3. The second-order valence-electron chi connectivity index (χ2n) is 9.63. The van der Waals surface area contributed by atoms with Crippen molar-refractivity contribution < 1.29 is 43.8 Å². The monoisotopic (exact) mass is 614 g/mol. The molecule has 0 bridgehead atoms. The van der Waals surface area contributed by atoms with E-state index < -0.39 is 40.8 Å². The highest BCUT2D eigenvalue weighted by Gasteiger charge is 2.31. The number of ether oxygens (including phenoxy) is 1. The predicted octanol–water partition coefficient (Wildman–Crippen LogP) is 4.79. The van der Waals surface area contributed by atoms with Gasteiger partial charge >= 0.3 is 23.9 Å². The van der Waals surface area contributed by atoms with Gasteiger partial charge in [0.2, 0.25) is 5.91 Å². The number of hydrogen-bond donors (Lipinski definition) is 3. The first-order chi connectivity index (χ1) is 21.4. The number of aliphatic carboxylic acids is 1. The molecule has 0 radical (unpaired) electrons. The minimum absolute atomic E-state index is 0.0482. The average Bonchev–Trinajstić information content (AvgIpc) is 3.04. The van der Waals surface area contributed by atoms with Crippen LogP contribution < -0.4 is 10.2 Å². The van der Waals surface area contributed by atoms with Crippen LogP contribution in [0.3, 0.4) is 0 Å². The van der Waals surface area contributed by atoms with E-state index in [0.717, 1.165) is 16.9 Å². The average molecular weight is 615 g/mol. The van der Waals surface area contributed by atoms with Crippen molar-refractivity contribution in [2.45, 2.75) is 19.5 Å². The molecule has 14 heteroatoms. The van der Waals surface area contributed by atoms with Gasteiger partial charge in [-0.2, -0.15) is 0 Å². The summed E-state index contributed by atoms with van der Waals surface area (Å²) >= 11 is 0. The fraction of sp³-hybridized carbons (Fsp3) is 0.129. The summed E-state index contributed by atoms with van der Waals surface area (Å²) in [5.74, 6) is -5.23. The number of amides is 3. The molecule has 0 aliphatic heterocycles. The van der Waals surface area contributed by atoms with Gasteiger partial charge in [-0.1, -0.05) is 48.5 Å². The summed E-state index contributed by atoms with van der Waals surface area (Å²) in [6.07, 6.45) is -0.823. The van der Waals surface area contributed by atoms with E-state index in [2.05, 4.69) is 5.32 Å². The number of non-ortho nitro benzene ring substituents is 1. The highest BCUT2D eigenvalue weighted by atomic mass is 16.6. The molecule has 230 valence electrons. The van der Waals surface area contributed by atoms with Crippen molar-refractivity contribution in [1.82, 2.24) is 4.90 Å². The number of nitrogens with one attached hydrogen (secondary N) is 1. The number of carbonyl (C=O) groups is 5. The molecule has 0 aliphatic rings. The van der Waals surface area contributed by atoms with Gasteiger partial charge in [-0.25, -0.2) is 14.4 Å². The van der Waals surface area contributed by atoms with Crippen LogP contribution in [-0.4, -0.2) is 63.0 Å². The fourth-order valence-corrected chi connectivity index (χ4v) is 4.66. The first kappa shape index (κ1) is 31.6. The van der Waals surface area contributed by atoms with E-state index in [4.69, 9.17) is 4.74 Å². The molecule has 14 nitrogen and oxygen atoms in total. The van der Waals surface area contributed by atoms with Gasteiger partial charge in [-0.05, 0) is 36.8 Å². The molecule has 0 aromatic heterocycles. The molecule has 4 rings (SSSR count). The van der Waals surface area contributed by atoms with E-state index in [1.807, 2.05) is 0 Å². The van der Waals surface area contributed by atoms with Gasteiger partial charge in [-0.3, -0.25) is 29.5 Å². The lowest BCUT2D eigenvalue weighted by atomic mass is 10.0. The molecule has 3 amide bonds. The molecule has 4 aromatic rings. The third-order valence-corrected chi connectivity index (χ3v) is 6.92. The van der Waals surface area contributed by atoms with E-state index in [-0.39, 0.29) is 34.9 Å². The lowest BCUT2D eigenvalue weighted by Gasteiger charge is -2.28. The lowest BCUT2D eigenvalue weighted by molar-refractivity contribution is -0.384. The number of aromatic carboxylic acids is 1. The molecule has 45 heavy (non-hydrogen) atoms. The number of hydrogen-bond acceptors (Lipinski definition) is 8. The molecule has 0 heterocycles. The molecule has 0 spiro atoms. The van der Waals surface area contributed by atoms with Crippen molar-refractivity contribution in [3.05, 3.63) is 106 Å². The van der Waals surface area contributed by atoms with Crippen molar-refractivity contribution in [2.75, 3.05) is 17.3 Å². The van der Waals surface area contributed by atoms with Crippen LogP contribution in [-0.2, 0) is 25.7 Å². The Balaban J connectivity index is 1.71. The lowest BCUT2D eigenvalue weighted by Crippen LogP contribution is -2.45. The number of fused-ring (bicyclic) bond motifs is 1. The van der Waals surface area contributed by atoms with E-state index in [1.165, 1.54) is 67.6 Å². The quantitative estimate of drug-likeness (QED) is 0.134. The first-order valence-corrected chi connectivity index (χ1v) is 13.2. The number of carboxylic acids is 2. The Morgan fingerprint density at radius 1 is 0.867 bits per heavy atom. The summed E-state index contributed by atoms with van der Waals surface area (Å²) < 4.78 is 4.86. The Bertz CT molecular complexity index is 1820. The maximum Gasteiger partial charge on any atom is 0.410 e. The zero-order valence-electron chi connectivity index (χ0n) is 23.9. The highest BCUT2D eigenvalue weighted by Crippen LogP contribution is 2.37. The molecular weight excluding hydrogens is 588 g/mol. The largest absolute Gasteiger partial charge is 0.478 e. The van der Waals surface area contributed by atoms with Crippen molar-refractivity contribution in [2.24, 2.45) is 0 Å². The third-order valence-electron chi connectivity index (χ3n) is 6.92. The Morgan fingerprint density at radius 2 is 1.49 bits per heavy atom. The van der Waals surface area contributed by atoms with Crippen molar-refractivity contribution in [3.8, 4) is 0 Å². The standard InChI is InChI=1S/C31H26N4O10/c1-18(33(31(42)45-2)17-19-11-13-20(14-12-19)35(43)44)27(36)32-24-15-16-26(22-8-4-3-7-21(22)24)34(28(37)30(40)41)25-10-6-5-9-23(25)29(38)39/h3-16,18H,17H2,1-2H3,(H,32,36)(H,38,39)(H,40,41)/t18-/m0/s1. The maximum absolute atomic E-state index is 13.5. The van der Waals surface area contributed by atoms with Gasteiger partial charge in [0.25, 0.3) is 5.69 Å². The fourth-order valence-electron chi connectivity index (χ4n) is 4.66. The molecule has 0 unspecified atom stereocenters. The van der Waals surface area contributed by atoms with Crippen molar-refractivity contribution in [3.63, 3.8) is 0 Å². The van der Waals surface area contributed by atoms with Crippen LogP contribution in [0.15, 0.2) is 84.9 Å². The number of anilines is 3. The van der Waals surface area contributed by atoms with E-state index >= 15 is 0 Å². The number of rotatable bonds is 9. The number of nitro benzene ring substituents is 1. The summed E-state index contributed by atoms with van der Waals surface area (Å²) in [7, 11) is 1.15. The number of nitro groups is 1. The van der Waals surface area contributed by atoms with Gasteiger partial charge in [0, 0.05) is 35.1 Å². The summed E-state index contributed by atoms with van der Waals surface area (Å²) in [4.78, 5) is 75.2. The first-order valence-electron chi connectivity index (χ1n) is 13.2. The molecule has 0 aliphatic carbocycles. The van der Waals surface area contributed by atoms with Crippen LogP contribution in [0.4, 0.5) is 27.5 Å². The topological polar surface area (TPSA) is 197 Å². The minimum atomic E-state index is -1.82. The highest BCUT2D eigenvalue weighted by molar-refractivity contribution is 6.40. The molecular formula is C31H26N4O10. The second kappa shape index (κ2) is 13.3. The van der Waals surface area contributed by atoms with Crippen LogP contribution in [0.5, 0.6) is 0 Å². The minimum Gasteiger partial charge on any atom is -0.478 e. The van der Waals surface area contributed by atoms with Gasteiger partial charge in [0.15, 0.2) is 0 Å². The van der Waals surface area contributed by atoms with E-state index in [9.17, 15) is 44.3 Å². The Kier molecular flexibility index (Phi) is 9.37. The number of para-hydroxylation sites is 1. The maximum atomic E-state index is 13.5. The van der Waals surface area contributed by atoms with E-state index in [0.29, 0.717) is 16.3 Å². The van der Waals surface area contributed by atoms with Crippen LogP contribution >= 0.6 is 0 Å². The number of methoxy groups -OCH3 is 1. The second-order valence-corrected chi connectivity index (χ2v) is 9.63. The smallest absolute Gasteiger partial charge is 0.410 e. The SMILES string of the molecule is COC(=O)N(Cc1ccc([N+](=O)[O-])cc1)[C@@H](C)C(=O)Nc1ccc(N(C(=O)C(=O)O)c2ccccc2C(=O)O)c2ccccc12. The van der Waals surface area contributed by atoms with E-state index in [1.54, 1.807) is 24.3 Å².